The fourth-order valence-electron chi connectivity index (χ4n) is 4.42. The Labute approximate surface area is 173 Å². The summed E-state index contributed by atoms with van der Waals surface area (Å²) >= 11 is 0. The molecule has 0 aliphatic carbocycles. The molecular weight excluding hydrogens is 380 g/mol. The van der Waals surface area contributed by atoms with Gasteiger partial charge in [0.1, 0.15) is 0 Å². The van der Waals surface area contributed by atoms with Crippen molar-refractivity contribution in [1.29, 1.82) is 0 Å². The summed E-state index contributed by atoms with van der Waals surface area (Å²) in [5.74, 6) is 3.36. The lowest BCUT2D eigenvalue weighted by atomic mass is 10.1. The highest BCUT2D eigenvalue weighted by Gasteiger charge is 2.28. The van der Waals surface area contributed by atoms with E-state index in [2.05, 4.69) is 44.3 Å². The van der Waals surface area contributed by atoms with Gasteiger partial charge in [-0.05, 0) is 42.3 Å². The number of ether oxygens (including phenoxy) is 2. The van der Waals surface area contributed by atoms with Crippen LogP contribution in [0.25, 0.3) is 10.9 Å². The van der Waals surface area contributed by atoms with Crippen LogP contribution >= 0.6 is 0 Å². The highest BCUT2D eigenvalue weighted by molar-refractivity contribution is 5.83. The predicted octanol–water partition coefficient (Wildman–Crippen LogP) is 3.86. The number of fused-ring (bicyclic) bond motifs is 2. The number of hydrogen-bond acceptors (Lipinski definition) is 6. The number of aromatic amines is 1. The minimum absolute atomic E-state index is 0.281. The fourth-order valence-corrected chi connectivity index (χ4v) is 4.42. The van der Waals surface area contributed by atoms with Crippen molar-refractivity contribution in [3.63, 3.8) is 0 Å². The first-order chi connectivity index (χ1) is 14.8. The second-order valence-corrected chi connectivity index (χ2v) is 7.98. The van der Waals surface area contributed by atoms with Crippen LogP contribution in [0.2, 0.25) is 0 Å². The number of likely N-dealkylation sites (tertiary alicyclic amines) is 1. The number of aromatic nitrogens is 3. The average Bonchev–Trinajstić information content (AvgIpc) is 3.55. The lowest BCUT2D eigenvalue weighted by molar-refractivity contribution is 0.174. The van der Waals surface area contributed by atoms with Crippen molar-refractivity contribution in [3.8, 4) is 11.5 Å². The van der Waals surface area contributed by atoms with Crippen molar-refractivity contribution < 1.29 is 13.9 Å². The normalized spacial score (nSPS) is 18.5. The second-order valence-electron chi connectivity index (χ2n) is 7.98. The van der Waals surface area contributed by atoms with E-state index in [0.29, 0.717) is 19.1 Å². The first-order valence-electron chi connectivity index (χ1n) is 10.3. The molecule has 1 atom stereocenters. The molecular formula is C23H22N4O3. The van der Waals surface area contributed by atoms with Gasteiger partial charge in [0, 0.05) is 30.2 Å². The summed E-state index contributed by atoms with van der Waals surface area (Å²) in [6.07, 6.45) is 3.70. The van der Waals surface area contributed by atoms with Gasteiger partial charge in [0.25, 0.3) is 0 Å². The maximum absolute atomic E-state index is 6.05. The third-order valence-corrected chi connectivity index (χ3v) is 5.96. The predicted molar refractivity (Wildman–Crippen MR) is 111 cm³/mol. The molecule has 4 heterocycles. The highest BCUT2D eigenvalue weighted by Crippen LogP contribution is 2.34. The van der Waals surface area contributed by atoms with E-state index in [1.54, 1.807) is 0 Å². The van der Waals surface area contributed by atoms with Crippen LogP contribution in [0, 0.1) is 0 Å². The molecule has 6 rings (SSSR count). The molecule has 1 fully saturated rings. The van der Waals surface area contributed by atoms with Gasteiger partial charge >= 0.3 is 0 Å². The fraction of sp³-hybridized carbons (Fsp3) is 0.304. The lowest BCUT2D eigenvalue weighted by Gasteiger charge is -2.15. The zero-order valence-electron chi connectivity index (χ0n) is 16.5. The molecule has 0 spiro atoms. The van der Waals surface area contributed by atoms with Crippen molar-refractivity contribution in [2.24, 2.45) is 0 Å². The van der Waals surface area contributed by atoms with Crippen LogP contribution in [-0.4, -0.2) is 40.0 Å². The number of nitrogens with zero attached hydrogens (tertiary/aromatic N) is 3. The SMILES string of the molecule is c1ccc2c(Cc3nnc(C4CCN(Cc5ccc6c(c5)OCO6)C4)o3)c[nH]c2c1. The van der Waals surface area contributed by atoms with Crippen LogP contribution in [-0.2, 0) is 13.0 Å². The van der Waals surface area contributed by atoms with Crippen LogP contribution < -0.4 is 9.47 Å². The van der Waals surface area contributed by atoms with Gasteiger partial charge in [-0.1, -0.05) is 24.3 Å². The van der Waals surface area contributed by atoms with Gasteiger partial charge in [0.05, 0.1) is 12.3 Å². The molecule has 0 saturated carbocycles. The standard InChI is InChI=1S/C23H22N4O3/c1-2-4-19-18(3-1)17(11-24-19)10-22-25-26-23(30-22)16-7-8-27(13-16)12-15-5-6-20-21(9-15)29-14-28-20/h1-6,9,11,16,24H,7-8,10,12-14H2. The van der Waals surface area contributed by atoms with Crippen LogP contribution in [0.15, 0.2) is 53.1 Å². The van der Waals surface area contributed by atoms with Crippen molar-refractivity contribution in [1.82, 2.24) is 20.1 Å². The number of H-pyrrole nitrogens is 1. The first-order valence-corrected chi connectivity index (χ1v) is 10.3. The molecule has 1 N–H and O–H groups in total. The second kappa shape index (κ2) is 7.18. The van der Waals surface area contributed by atoms with Gasteiger partial charge in [-0.2, -0.15) is 0 Å². The molecule has 1 unspecified atom stereocenters. The highest BCUT2D eigenvalue weighted by atomic mass is 16.7. The van der Waals surface area contributed by atoms with E-state index in [1.807, 2.05) is 24.4 Å². The smallest absolute Gasteiger partial charge is 0.231 e. The van der Waals surface area contributed by atoms with Gasteiger partial charge < -0.3 is 18.9 Å². The summed E-state index contributed by atoms with van der Waals surface area (Å²) in [5.41, 5.74) is 3.53. The summed E-state index contributed by atoms with van der Waals surface area (Å²) < 4.78 is 16.9. The number of rotatable bonds is 5. The van der Waals surface area contributed by atoms with E-state index in [1.165, 1.54) is 16.5 Å². The Morgan fingerprint density at radius 3 is 3.00 bits per heavy atom. The van der Waals surface area contributed by atoms with E-state index in [4.69, 9.17) is 13.9 Å². The number of nitrogens with one attached hydrogen (secondary N) is 1. The first kappa shape index (κ1) is 17.5. The number of benzene rings is 2. The van der Waals surface area contributed by atoms with E-state index in [9.17, 15) is 0 Å². The largest absolute Gasteiger partial charge is 0.454 e. The third-order valence-electron chi connectivity index (χ3n) is 5.96. The quantitative estimate of drug-likeness (QED) is 0.546. The van der Waals surface area contributed by atoms with Crippen LogP contribution in [0.4, 0.5) is 0 Å². The maximum atomic E-state index is 6.05. The van der Waals surface area contributed by atoms with Crippen molar-refractivity contribution in [2.75, 3.05) is 19.9 Å². The lowest BCUT2D eigenvalue weighted by Crippen LogP contribution is -2.19. The topological polar surface area (TPSA) is 76.4 Å². The van der Waals surface area contributed by atoms with Crippen molar-refractivity contribution >= 4 is 10.9 Å². The zero-order valence-corrected chi connectivity index (χ0v) is 16.5. The van der Waals surface area contributed by atoms with Gasteiger partial charge in [0.2, 0.25) is 18.6 Å². The average molecular weight is 402 g/mol. The van der Waals surface area contributed by atoms with E-state index in [0.717, 1.165) is 49.0 Å². The summed E-state index contributed by atoms with van der Waals surface area (Å²) in [5, 5.41) is 9.87. The van der Waals surface area contributed by atoms with Crippen molar-refractivity contribution in [3.05, 3.63) is 71.6 Å². The Morgan fingerprint density at radius 2 is 2.00 bits per heavy atom. The summed E-state index contributed by atoms with van der Waals surface area (Å²) in [7, 11) is 0. The molecule has 2 aliphatic heterocycles. The van der Waals surface area contributed by atoms with Gasteiger partial charge in [0.15, 0.2) is 11.5 Å². The van der Waals surface area contributed by atoms with Crippen LogP contribution in [0.5, 0.6) is 11.5 Å². The minimum Gasteiger partial charge on any atom is -0.454 e. The molecule has 2 aromatic heterocycles. The molecule has 4 aromatic rings. The van der Waals surface area contributed by atoms with Gasteiger partial charge in [-0.25, -0.2) is 0 Å². The summed E-state index contributed by atoms with van der Waals surface area (Å²) in [4.78, 5) is 5.72. The molecule has 2 aliphatic rings. The molecule has 7 nitrogen and oxygen atoms in total. The molecule has 2 aromatic carbocycles. The maximum Gasteiger partial charge on any atom is 0.231 e. The molecule has 30 heavy (non-hydrogen) atoms. The Morgan fingerprint density at radius 1 is 1.07 bits per heavy atom. The summed E-state index contributed by atoms with van der Waals surface area (Å²) in [6, 6.07) is 14.4. The van der Waals surface area contributed by atoms with E-state index >= 15 is 0 Å². The Kier molecular flexibility index (Phi) is 4.19. The number of para-hydroxylation sites is 1. The molecule has 0 bridgehead atoms. The van der Waals surface area contributed by atoms with Crippen LogP contribution in [0.1, 0.15) is 35.2 Å². The third kappa shape index (κ3) is 3.21. The van der Waals surface area contributed by atoms with Gasteiger partial charge in [-0.15, -0.1) is 10.2 Å². The zero-order chi connectivity index (χ0) is 19.9. The van der Waals surface area contributed by atoms with E-state index in [-0.39, 0.29) is 5.92 Å². The van der Waals surface area contributed by atoms with Crippen molar-refractivity contribution in [2.45, 2.75) is 25.3 Å². The van der Waals surface area contributed by atoms with E-state index < -0.39 is 0 Å². The molecule has 152 valence electrons. The number of hydrogen-bond donors (Lipinski definition) is 1. The van der Waals surface area contributed by atoms with Gasteiger partial charge in [-0.3, -0.25) is 4.90 Å². The Balaban J connectivity index is 1.11. The Bertz CT molecular complexity index is 1200. The minimum atomic E-state index is 0.281. The molecule has 0 radical (unpaired) electrons. The molecule has 7 heteroatoms. The molecule has 1 saturated heterocycles. The Hall–Kier alpha value is -3.32. The molecule has 0 amide bonds. The van der Waals surface area contributed by atoms with Crippen LogP contribution in [0.3, 0.4) is 0 Å². The monoisotopic (exact) mass is 402 g/mol. The summed E-state index contributed by atoms with van der Waals surface area (Å²) in [6.45, 7) is 3.12.